The van der Waals surface area contributed by atoms with Gasteiger partial charge in [-0.15, -0.1) is 0 Å². The van der Waals surface area contributed by atoms with Gasteiger partial charge >= 0.3 is 5.97 Å². The molecule has 0 unspecified atom stereocenters. The van der Waals surface area contributed by atoms with Crippen molar-refractivity contribution in [3.05, 3.63) is 58.5 Å². The van der Waals surface area contributed by atoms with Gasteiger partial charge in [-0.3, -0.25) is 14.5 Å². The highest BCUT2D eigenvalue weighted by molar-refractivity contribution is 8.18. The number of amidine groups is 1. The highest BCUT2D eigenvalue weighted by Gasteiger charge is 2.30. The second-order valence-corrected chi connectivity index (χ2v) is 7.81. The number of esters is 1. The number of thioether (sulfide) groups is 1. The van der Waals surface area contributed by atoms with Crippen LogP contribution in [0.2, 0.25) is 0 Å². The molecule has 172 valence electrons. The first-order valence-electron chi connectivity index (χ1n) is 9.95. The maximum atomic E-state index is 12.7. The summed E-state index contributed by atoms with van der Waals surface area (Å²) < 4.78 is 15.7. The number of carbonyl (C=O) groups is 3. The van der Waals surface area contributed by atoms with Crippen molar-refractivity contribution in [1.82, 2.24) is 4.90 Å². The Bertz CT molecular complexity index is 1130. The molecule has 0 bridgehead atoms. The van der Waals surface area contributed by atoms with Crippen LogP contribution in [0.1, 0.15) is 22.8 Å². The number of nitrogens with two attached hydrogens (primary N) is 1. The molecule has 0 radical (unpaired) electrons. The molecule has 2 amide bonds. The summed E-state index contributed by atoms with van der Waals surface area (Å²) in [5.74, 6) is -0.391. The predicted molar refractivity (Wildman–Crippen MR) is 126 cm³/mol. The number of ether oxygens (including phenoxy) is 3. The van der Waals surface area contributed by atoms with E-state index in [1.165, 1.54) is 23.8 Å². The van der Waals surface area contributed by atoms with E-state index in [0.717, 1.165) is 5.56 Å². The van der Waals surface area contributed by atoms with Crippen molar-refractivity contribution < 1.29 is 28.6 Å². The Labute approximate surface area is 195 Å². The molecule has 1 fully saturated rings. The van der Waals surface area contributed by atoms with E-state index < -0.39 is 11.9 Å². The molecule has 0 aliphatic carbocycles. The molecule has 0 aromatic heterocycles. The number of rotatable bonds is 8. The normalized spacial score (nSPS) is 15.7. The van der Waals surface area contributed by atoms with Gasteiger partial charge < -0.3 is 19.9 Å². The second kappa shape index (κ2) is 10.7. The van der Waals surface area contributed by atoms with E-state index in [-0.39, 0.29) is 12.5 Å². The molecule has 0 atom stereocenters. The summed E-state index contributed by atoms with van der Waals surface area (Å²) in [4.78, 5) is 41.8. The van der Waals surface area contributed by atoms with Gasteiger partial charge in [0.05, 0.1) is 29.9 Å². The largest absolute Gasteiger partial charge is 0.490 e. The Morgan fingerprint density at radius 3 is 2.48 bits per heavy atom. The number of carbonyl (C=O) groups excluding carboxylic acids is 3. The Morgan fingerprint density at radius 1 is 1.12 bits per heavy atom. The van der Waals surface area contributed by atoms with Crippen LogP contribution in [0.25, 0.3) is 6.08 Å². The number of primary amides is 1. The summed E-state index contributed by atoms with van der Waals surface area (Å²) in [7, 11) is 2.96. The van der Waals surface area contributed by atoms with Crippen LogP contribution in [-0.2, 0) is 14.3 Å². The minimum atomic E-state index is -0.591. The minimum Gasteiger partial charge on any atom is -0.490 e. The van der Waals surface area contributed by atoms with E-state index in [1.807, 2.05) is 6.92 Å². The Kier molecular flexibility index (Phi) is 7.73. The highest BCUT2D eigenvalue weighted by Crippen LogP contribution is 2.35. The summed E-state index contributed by atoms with van der Waals surface area (Å²) in [5.41, 5.74) is 6.87. The number of aliphatic imine (C=N–C) groups is 1. The van der Waals surface area contributed by atoms with Gasteiger partial charge in [0.15, 0.2) is 23.3 Å². The van der Waals surface area contributed by atoms with Crippen molar-refractivity contribution in [2.45, 2.75) is 6.92 Å². The zero-order valence-electron chi connectivity index (χ0n) is 18.4. The molecule has 0 saturated carbocycles. The van der Waals surface area contributed by atoms with Crippen LogP contribution in [-0.4, -0.2) is 55.2 Å². The number of hydrogen-bond donors (Lipinski definition) is 1. The first kappa shape index (κ1) is 23.9. The van der Waals surface area contributed by atoms with Crippen molar-refractivity contribution in [3.63, 3.8) is 0 Å². The quantitative estimate of drug-likeness (QED) is 0.466. The SMILES string of the molecule is CCOc1cc(C=C2SC(=Nc3ccc(C(=O)OC)cc3)N(C)C2=O)ccc1OCC(N)=O. The molecule has 3 rings (SSSR count). The van der Waals surface area contributed by atoms with Crippen LogP contribution in [0.15, 0.2) is 52.4 Å². The van der Waals surface area contributed by atoms with E-state index in [1.54, 1.807) is 55.6 Å². The zero-order valence-corrected chi connectivity index (χ0v) is 19.2. The molecule has 2 aromatic rings. The third kappa shape index (κ3) is 5.92. The molecule has 1 heterocycles. The summed E-state index contributed by atoms with van der Waals surface area (Å²) in [5, 5.41) is 0.503. The second-order valence-electron chi connectivity index (χ2n) is 6.80. The summed E-state index contributed by atoms with van der Waals surface area (Å²) in [6.45, 7) is 1.96. The van der Waals surface area contributed by atoms with Crippen LogP contribution in [0.4, 0.5) is 5.69 Å². The first-order chi connectivity index (χ1) is 15.8. The first-order valence-corrected chi connectivity index (χ1v) is 10.8. The van der Waals surface area contributed by atoms with Gasteiger partial charge in [0.1, 0.15) is 0 Å². The molecule has 9 nitrogen and oxygen atoms in total. The number of amides is 2. The van der Waals surface area contributed by atoms with Crippen LogP contribution in [0.5, 0.6) is 11.5 Å². The topological polar surface area (TPSA) is 121 Å². The number of hydrogen-bond acceptors (Lipinski definition) is 8. The van der Waals surface area contributed by atoms with Crippen LogP contribution < -0.4 is 15.2 Å². The fourth-order valence-electron chi connectivity index (χ4n) is 2.85. The summed E-state index contributed by atoms with van der Waals surface area (Å²) in [6, 6.07) is 11.7. The number of methoxy groups -OCH3 is 1. The van der Waals surface area contributed by atoms with Gasteiger partial charge in [0.25, 0.3) is 11.8 Å². The van der Waals surface area contributed by atoms with E-state index in [0.29, 0.717) is 39.4 Å². The molecule has 1 aliphatic heterocycles. The molecule has 1 saturated heterocycles. The predicted octanol–water partition coefficient (Wildman–Crippen LogP) is 2.97. The molecule has 10 heteroatoms. The van der Waals surface area contributed by atoms with Gasteiger partial charge in [-0.2, -0.15) is 0 Å². The molecule has 2 N–H and O–H groups in total. The summed E-state index contributed by atoms with van der Waals surface area (Å²) >= 11 is 1.23. The molecule has 1 aliphatic rings. The van der Waals surface area contributed by atoms with Crippen molar-refractivity contribution in [1.29, 1.82) is 0 Å². The van der Waals surface area contributed by atoms with Crippen LogP contribution in [0, 0.1) is 0 Å². The van der Waals surface area contributed by atoms with E-state index >= 15 is 0 Å². The maximum Gasteiger partial charge on any atom is 0.337 e. The van der Waals surface area contributed by atoms with Gasteiger partial charge in [-0.1, -0.05) is 6.07 Å². The van der Waals surface area contributed by atoms with Gasteiger partial charge in [-0.05, 0) is 66.7 Å². The van der Waals surface area contributed by atoms with Crippen molar-refractivity contribution in [2.75, 3.05) is 27.4 Å². The average molecular weight is 470 g/mol. The Hall–Kier alpha value is -3.79. The molecule has 0 spiro atoms. The Morgan fingerprint density at radius 2 is 1.85 bits per heavy atom. The highest BCUT2D eigenvalue weighted by atomic mass is 32.2. The fraction of sp³-hybridized carbons (Fsp3) is 0.217. The third-order valence-electron chi connectivity index (χ3n) is 4.45. The van der Waals surface area contributed by atoms with Crippen molar-refractivity contribution >= 4 is 46.5 Å². The third-order valence-corrected chi connectivity index (χ3v) is 5.51. The van der Waals surface area contributed by atoms with Gasteiger partial charge in [0.2, 0.25) is 0 Å². The fourth-order valence-corrected chi connectivity index (χ4v) is 3.84. The van der Waals surface area contributed by atoms with Crippen LogP contribution in [0.3, 0.4) is 0 Å². The number of benzene rings is 2. The van der Waals surface area contributed by atoms with Crippen molar-refractivity contribution in [2.24, 2.45) is 10.7 Å². The van der Waals surface area contributed by atoms with E-state index in [9.17, 15) is 14.4 Å². The van der Waals surface area contributed by atoms with Gasteiger partial charge in [-0.25, -0.2) is 9.79 Å². The standard InChI is InChI=1S/C23H23N3O6S/c1-4-31-18-11-14(5-10-17(18)32-13-20(24)27)12-19-21(28)26(2)23(33-19)25-16-8-6-15(7-9-16)22(29)30-3/h5-12H,4,13H2,1-3H3,(H2,24,27). The lowest BCUT2D eigenvalue weighted by Gasteiger charge is -2.11. The monoisotopic (exact) mass is 469 g/mol. The van der Waals surface area contributed by atoms with E-state index in [4.69, 9.17) is 15.2 Å². The van der Waals surface area contributed by atoms with Crippen molar-refractivity contribution in [3.8, 4) is 11.5 Å². The van der Waals surface area contributed by atoms with Crippen LogP contribution >= 0.6 is 11.8 Å². The molecule has 33 heavy (non-hydrogen) atoms. The van der Waals surface area contributed by atoms with Gasteiger partial charge in [0, 0.05) is 7.05 Å². The average Bonchev–Trinajstić information content (AvgIpc) is 3.06. The number of nitrogens with zero attached hydrogens (tertiary/aromatic N) is 2. The lowest BCUT2D eigenvalue weighted by Crippen LogP contribution is -2.23. The minimum absolute atomic E-state index is 0.197. The lowest BCUT2D eigenvalue weighted by molar-refractivity contribution is -0.121. The molecular formula is C23H23N3O6S. The number of likely N-dealkylation sites (N-methyl/N-ethyl adjacent to an activating group) is 1. The molecular weight excluding hydrogens is 446 g/mol. The maximum absolute atomic E-state index is 12.7. The Balaban J connectivity index is 1.82. The van der Waals surface area contributed by atoms with E-state index in [2.05, 4.69) is 9.73 Å². The molecule has 2 aromatic carbocycles. The summed E-state index contributed by atoms with van der Waals surface area (Å²) in [6.07, 6.45) is 1.73. The zero-order chi connectivity index (χ0) is 24.0. The lowest BCUT2D eigenvalue weighted by atomic mass is 10.2. The smallest absolute Gasteiger partial charge is 0.337 e.